The highest BCUT2D eigenvalue weighted by Gasteiger charge is 2.43. The van der Waals surface area contributed by atoms with E-state index in [1.165, 1.54) is 25.3 Å². The summed E-state index contributed by atoms with van der Waals surface area (Å²) in [6, 6.07) is 21.1. The van der Waals surface area contributed by atoms with Crippen LogP contribution in [0.2, 0.25) is 0 Å². The van der Waals surface area contributed by atoms with Crippen molar-refractivity contribution in [3.63, 3.8) is 0 Å². The number of methoxy groups -OCH3 is 2. The number of hydrogen-bond donors (Lipinski definition) is 1. The standard InChI is InChI=1S/C27H22N4O5/c1-34-26(32)23-22(17-9-4-3-5-10-17)19(15-28)25(29)31(24(23)27(33)35-2)20-12-6-7-13-21(20)36-18-11-8-14-30-16-18/h3-14,16,22H,29H2,1-2H3. The van der Waals surface area contributed by atoms with Crippen LogP contribution in [-0.4, -0.2) is 31.1 Å². The van der Waals surface area contributed by atoms with Gasteiger partial charge in [0.1, 0.15) is 17.3 Å². The van der Waals surface area contributed by atoms with Crippen molar-refractivity contribution in [2.45, 2.75) is 5.92 Å². The highest BCUT2D eigenvalue weighted by Crippen LogP contribution is 2.45. The van der Waals surface area contributed by atoms with E-state index in [0.717, 1.165) is 0 Å². The highest BCUT2D eigenvalue weighted by atomic mass is 16.5. The van der Waals surface area contributed by atoms with Gasteiger partial charge < -0.3 is 19.9 Å². The number of carbonyl (C=O) groups excluding carboxylic acids is 2. The zero-order valence-corrected chi connectivity index (χ0v) is 19.5. The molecule has 0 radical (unpaired) electrons. The van der Waals surface area contributed by atoms with Crippen LogP contribution in [0.1, 0.15) is 11.5 Å². The van der Waals surface area contributed by atoms with Gasteiger partial charge in [0.25, 0.3) is 0 Å². The summed E-state index contributed by atoms with van der Waals surface area (Å²) in [7, 11) is 2.39. The molecule has 180 valence electrons. The SMILES string of the molecule is COC(=O)C1=C(C(=O)OC)N(c2ccccc2Oc2cccnc2)C(N)=C(C#N)C1c1ccccc1. The molecule has 9 heteroatoms. The van der Waals surface area contributed by atoms with E-state index in [2.05, 4.69) is 11.1 Å². The van der Waals surface area contributed by atoms with Crippen molar-refractivity contribution in [1.29, 1.82) is 5.26 Å². The van der Waals surface area contributed by atoms with Crippen LogP contribution in [0, 0.1) is 11.3 Å². The Bertz CT molecular complexity index is 1390. The van der Waals surface area contributed by atoms with Crippen molar-refractivity contribution in [2.24, 2.45) is 5.73 Å². The number of hydrogen-bond acceptors (Lipinski definition) is 9. The molecule has 2 heterocycles. The molecule has 0 amide bonds. The molecule has 0 spiro atoms. The van der Waals surface area contributed by atoms with Crippen molar-refractivity contribution in [1.82, 2.24) is 4.98 Å². The van der Waals surface area contributed by atoms with Crippen LogP contribution in [0.4, 0.5) is 5.69 Å². The molecule has 36 heavy (non-hydrogen) atoms. The quantitative estimate of drug-likeness (QED) is 0.522. The third kappa shape index (κ3) is 4.35. The van der Waals surface area contributed by atoms with Crippen LogP contribution >= 0.6 is 0 Å². The van der Waals surface area contributed by atoms with Crippen LogP contribution in [0.15, 0.2) is 102 Å². The number of allylic oxidation sites excluding steroid dienone is 1. The van der Waals surface area contributed by atoms with E-state index in [4.69, 9.17) is 19.9 Å². The Hall–Kier alpha value is -5.10. The third-order valence-corrected chi connectivity index (χ3v) is 5.58. The second kappa shape index (κ2) is 10.4. The van der Waals surface area contributed by atoms with Crippen LogP contribution in [0.5, 0.6) is 11.5 Å². The van der Waals surface area contributed by atoms with Crippen LogP contribution in [-0.2, 0) is 19.1 Å². The van der Waals surface area contributed by atoms with Gasteiger partial charge in [-0.1, -0.05) is 42.5 Å². The van der Waals surface area contributed by atoms with E-state index >= 15 is 0 Å². The Morgan fingerprint density at radius 1 is 0.972 bits per heavy atom. The largest absolute Gasteiger partial charge is 0.466 e. The van der Waals surface area contributed by atoms with Gasteiger partial charge in [-0.25, -0.2) is 9.59 Å². The van der Waals surface area contributed by atoms with Crippen molar-refractivity contribution < 1.29 is 23.8 Å². The molecule has 0 saturated carbocycles. The molecule has 1 unspecified atom stereocenters. The first-order valence-electron chi connectivity index (χ1n) is 10.8. The highest BCUT2D eigenvalue weighted by molar-refractivity contribution is 6.06. The van der Waals surface area contributed by atoms with Crippen molar-refractivity contribution in [2.75, 3.05) is 19.1 Å². The number of esters is 2. The number of aromatic nitrogens is 1. The fourth-order valence-corrected chi connectivity index (χ4v) is 4.03. The number of pyridine rings is 1. The van der Waals surface area contributed by atoms with Gasteiger partial charge in [-0.05, 0) is 29.8 Å². The topological polar surface area (TPSA) is 128 Å². The van der Waals surface area contributed by atoms with Crippen LogP contribution < -0.4 is 15.4 Å². The Labute approximate surface area is 207 Å². The number of anilines is 1. The summed E-state index contributed by atoms with van der Waals surface area (Å²) in [4.78, 5) is 31.7. The fourth-order valence-electron chi connectivity index (χ4n) is 4.03. The Morgan fingerprint density at radius 3 is 2.31 bits per heavy atom. The van der Waals surface area contributed by atoms with Crippen LogP contribution in [0.25, 0.3) is 0 Å². The van der Waals surface area contributed by atoms with Gasteiger partial charge in [0.05, 0.1) is 49.2 Å². The smallest absolute Gasteiger partial charge is 0.355 e. The average Bonchev–Trinajstić information content (AvgIpc) is 2.93. The van der Waals surface area contributed by atoms with E-state index in [-0.39, 0.29) is 22.7 Å². The number of nitriles is 1. The lowest BCUT2D eigenvalue weighted by atomic mass is 9.81. The monoisotopic (exact) mass is 482 g/mol. The minimum Gasteiger partial charge on any atom is -0.466 e. The lowest BCUT2D eigenvalue weighted by Crippen LogP contribution is -2.40. The molecule has 0 aliphatic carbocycles. The number of para-hydroxylation sites is 2. The summed E-state index contributed by atoms with van der Waals surface area (Å²) in [5.74, 6) is -1.92. The maximum Gasteiger partial charge on any atom is 0.355 e. The molecule has 0 fully saturated rings. The number of benzene rings is 2. The van der Waals surface area contributed by atoms with Gasteiger partial charge in [-0.15, -0.1) is 0 Å². The van der Waals surface area contributed by atoms with Crippen molar-refractivity contribution in [3.05, 3.63) is 107 Å². The van der Waals surface area contributed by atoms with Gasteiger partial charge >= 0.3 is 11.9 Å². The first-order chi connectivity index (χ1) is 17.5. The molecule has 2 N–H and O–H groups in total. The minimum atomic E-state index is -0.958. The minimum absolute atomic E-state index is 0.0540. The van der Waals surface area contributed by atoms with E-state index in [0.29, 0.717) is 22.7 Å². The molecule has 1 aliphatic heterocycles. The van der Waals surface area contributed by atoms with Crippen molar-refractivity contribution >= 4 is 17.6 Å². The molecule has 1 aromatic heterocycles. The summed E-state index contributed by atoms with van der Waals surface area (Å²) < 4.78 is 16.1. The molecule has 1 atom stereocenters. The lowest BCUT2D eigenvalue weighted by molar-refractivity contribution is -0.139. The summed E-state index contributed by atoms with van der Waals surface area (Å²) in [5.41, 5.74) is 7.24. The van der Waals surface area contributed by atoms with E-state index in [9.17, 15) is 14.9 Å². The number of rotatable bonds is 6. The number of nitrogens with zero attached hydrogens (tertiary/aromatic N) is 3. The predicted molar refractivity (Wildman–Crippen MR) is 130 cm³/mol. The van der Waals surface area contributed by atoms with Gasteiger partial charge in [-0.3, -0.25) is 9.88 Å². The molecule has 0 saturated heterocycles. The fraction of sp³-hybridized carbons (Fsp3) is 0.111. The summed E-state index contributed by atoms with van der Waals surface area (Å²) in [6.45, 7) is 0. The molecule has 4 rings (SSSR count). The van der Waals surface area contributed by atoms with Gasteiger partial charge in [0.15, 0.2) is 5.75 Å². The maximum atomic E-state index is 13.2. The normalized spacial score (nSPS) is 15.2. The Kier molecular flexibility index (Phi) is 6.97. The number of carbonyl (C=O) groups is 2. The second-order valence-electron chi connectivity index (χ2n) is 7.59. The van der Waals surface area contributed by atoms with E-state index < -0.39 is 17.9 Å². The van der Waals surface area contributed by atoms with Gasteiger partial charge in [0, 0.05) is 6.20 Å². The van der Waals surface area contributed by atoms with Gasteiger partial charge in [0.2, 0.25) is 0 Å². The molecule has 3 aromatic rings. The lowest BCUT2D eigenvalue weighted by Gasteiger charge is -2.36. The zero-order chi connectivity index (χ0) is 25.7. The summed E-state index contributed by atoms with van der Waals surface area (Å²) in [6.07, 6.45) is 3.13. The first-order valence-corrected chi connectivity index (χ1v) is 10.8. The summed E-state index contributed by atoms with van der Waals surface area (Å²) >= 11 is 0. The van der Waals surface area contributed by atoms with Crippen LogP contribution in [0.3, 0.4) is 0 Å². The Balaban J connectivity index is 2.01. The molecule has 1 aliphatic rings. The molecule has 2 aromatic carbocycles. The number of nitrogens with two attached hydrogens (primary N) is 1. The third-order valence-electron chi connectivity index (χ3n) is 5.58. The molecule has 0 bridgehead atoms. The molecule has 9 nitrogen and oxygen atoms in total. The van der Waals surface area contributed by atoms with Crippen molar-refractivity contribution in [3.8, 4) is 17.6 Å². The Morgan fingerprint density at radius 2 is 1.67 bits per heavy atom. The average molecular weight is 482 g/mol. The number of ether oxygens (including phenoxy) is 3. The molecular formula is C27H22N4O5. The zero-order valence-electron chi connectivity index (χ0n) is 19.5. The maximum absolute atomic E-state index is 13.2. The second-order valence-corrected chi connectivity index (χ2v) is 7.59. The van der Waals surface area contributed by atoms with E-state index in [1.54, 1.807) is 72.9 Å². The molecular weight excluding hydrogens is 460 g/mol. The van der Waals surface area contributed by atoms with Gasteiger partial charge in [-0.2, -0.15) is 5.26 Å². The predicted octanol–water partition coefficient (Wildman–Crippen LogP) is 3.77. The first kappa shape index (κ1) is 24.0. The summed E-state index contributed by atoms with van der Waals surface area (Å²) in [5, 5.41) is 10.2. The van der Waals surface area contributed by atoms with E-state index in [1.807, 2.05) is 0 Å².